The van der Waals surface area contributed by atoms with Gasteiger partial charge in [0.25, 0.3) is 0 Å². The summed E-state index contributed by atoms with van der Waals surface area (Å²) in [6.07, 6.45) is 0. The van der Waals surface area contributed by atoms with Gasteiger partial charge in [-0.2, -0.15) is 0 Å². The summed E-state index contributed by atoms with van der Waals surface area (Å²) >= 11 is 1.84. The Morgan fingerprint density at radius 1 is 1.24 bits per heavy atom. The van der Waals surface area contributed by atoms with Gasteiger partial charge in [0, 0.05) is 17.2 Å². The van der Waals surface area contributed by atoms with Crippen molar-refractivity contribution in [1.29, 1.82) is 0 Å². The lowest BCUT2D eigenvalue weighted by Crippen LogP contribution is -2.25. The minimum absolute atomic E-state index is 0.134. The van der Waals surface area contributed by atoms with Crippen molar-refractivity contribution in [3.8, 4) is 0 Å². The van der Waals surface area contributed by atoms with Gasteiger partial charge in [-0.05, 0) is 31.6 Å². The number of aliphatic hydroxyl groups excluding tert-OH is 1. The van der Waals surface area contributed by atoms with E-state index in [1.165, 1.54) is 10.5 Å². The van der Waals surface area contributed by atoms with E-state index < -0.39 is 0 Å². The second-order valence-electron chi connectivity index (χ2n) is 4.14. The average molecular weight is 253 g/mol. The van der Waals surface area contributed by atoms with Gasteiger partial charge in [0.2, 0.25) is 0 Å². The first-order valence-electron chi connectivity index (χ1n) is 6.26. The Balaban J connectivity index is 2.51. The number of rotatable bonds is 7. The highest BCUT2D eigenvalue weighted by Gasteiger charge is 2.04. The number of hydrogen-bond donors (Lipinski definition) is 1. The first-order valence-corrected chi connectivity index (χ1v) is 7.25. The first kappa shape index (κ1) is 14.6. The maximum atomic E-state index is 9.32. The lowest BCUT2D eigenvalue weighted by molar-refractivity contribution is 0.279. The molecule has 0 fully saturated rings. The highest BCUT2D eigenvalue weighted by Crippen LogP contribution is 2.23. The summed E-state index contributed by atoms with van der Waals surface area (Å²) < 4.78 is 0. The summed E-state index contributed by atoms with van der Waals surface area (Å²) in [5.74, 6) is 1.08. The van der Waals surface area contributed by atoms with Crippen LogP contribution in [-0.4, -0.2) is 35.4 Å². The molecule has 0 radical (unpaired) electrons. The Morgan fingerprint density at radius 3 is 2.53 bits per heavy atom. The van der Waals surface area contributed by atoms with Crippen LogP contribution in [0.15, 0.2) is 23.1 Å². The van der Waals surface area contributed by atoms with E-state index >= 15 is 0 Å². The van der Waals surface area contributed by atoms with E-state index in [-0.39, 0.29) is 6.61 Å². The maximum absolute atomic E-state index is 9.32. The van der Waals surface area contributed by atoms with Crippen LogP contribution in [0, 0.1) is 6.92 Å². The SMILES string of the molecule is CCN(CC)CCSc1ccc(C)cc1CO. The number of aliphatic hydroxyl groups is 1. The van der Waals surface area contributed by atoms with Crippen molar-refractivity contribution in [2.75, 3.05) is 25.4 Å². The number of nitrogens with zero attached hydrogens (tertiary/aromatic N) is 1. The molecule has 1 aromatic rings. The van der Waals surface area contributed by atoms with Crippen molar-refractivity contribution in [3.05, 3.63) is 29.3 Å². The van der Waals surface area contributed by atoms with Crippen molar-refractivity contribution in [2.24, 2.45) is 0 Å². The number of hydrogen-bond acceptors (Lipinski definition) is 3. The molecule has 0 heterocycles. The van der Waals surface area contributed by atoms with Gasteiger partial charge in [-0.15, -0.1) is 11.8 Å². The lowest BCUT2D eigenvalue weighted by atomic mass is 10.1. The molecular formula is C14H23NOS. The van der Waals surface area contributed by atoms with Crippen LogP contribution in [0.4, 0.5) is 0 Å². The summed E-state index contributed by atoms with van der Waals surface area (Å²) in [6, 6.07) is 6.30. The van der Waals surface area contributed by atoms with Crippen molar-refractivity contribution >= 4 is 11.8 Å². The molecular weight excluding hydrogens is 230 g/mol. The minimum atomic E-state index is 0.134. The topological polar surface area (TPSA) is 23.5 Å². The molecule has 0 aromatic heterocycles. The van der Waals surface area contributed by atoms with E-state index in [1.54, 1.807) is 0 Å². The molecule has 1 aromatic carbocycles. The summed E-state index contributed by atoms with van der Waals surface area (Å²) in [4.78, 5) is 3.63. The number of aryl methyl sites for hydroxylation is 1. The van der Waals surface area contributed by atoms with Crippen LogP contribution in [0.3, 0.4) is 0 Å². The predicted molar refractivity (Wildman–Crippen MR) is 75.6 cm³/mol. The molecule has 0 aliphatic carbocycles. The predicted octanol–water partition coefficient (Wildman–Crippen LogP) is 2.92. The molecule has 17 heavy (non-hydrogen) atoms. The zero-order valence-corrected chi connectivity index (χ0v) is 11.9. The van der Waals surface area contributed by atoms with Crippen molar-refractivity contribution < 1.29 is 5.11 Å². The third kappa shape index (κ3) is 4.70. The van der Waals surface area contributed by atoms with E-state index in [1.807, 2.05) is 11.8 Å². The third-order valence-electron chi connectivity index (χ3n) is 2.95. The fourth-order valence-corrected chi connectivity index (χ4v) is 2.84. The van der Waals surface area contributed by atoms with Crippen LogP contribution in [0.5, 0.6) is 0 Å². The molecule has 1 N–H and O–H groups in total. The molecule has 0 saturated carbocycles. The smallest absolute Gasteiger partial charge is 0.0692 e. The summed E-state index contributed by atoms with van der Waals surface area (Å²) in [6.45, 7) is 9.91. The Morgan fingerprint density at radius 2 is 1.94 bits per heavy atom. The average Bonchev–Trinajstić information content (AvgIpc) is 2.36. The third-order valence-corrected chi connectivity index (χ3v) is 4.04. The fraction of sp³-hybridized carbons (Fsp3) is 0.571. The molecule has 0 amide bonds. The van der Waals surface area contributed by atoms with Crippen LogP contribution >= 0.6 is 11.8 Å². The van der Waals surface area contributed by atoms with Crippen LogP contribution in [0.2, 0.25) is 0 Å². The quantitative estimate of drug-likeness (QED) is 0.756. The largest absolute Gasteiger partial charge is 0.392 e. The maximum Gasteiger partial charge on any atom is 0.0692 e. The van der Waals surface area contributed by atoms with Gasteiger partial charge in [-0.3, -0.25) is 0 Å². The minimum Gasteiger partial charge on any atom is -0.392 e. The van der Waals surface area contributed by atoms with Crippen molar-refractivity contribution in [3.63, 3.8) is 0 Å². The summed E-state index contributed by atoms with van der Waals surface area (Å²) in [5.41, 5.74) is 2.26. The van der Waals surface area contributed by atoms with Crippen molar-refractivity contribution in [2.45, 2.75) is 32.3 Å². The molecule has 0 aliphatic heterocycles. The van der Waals surface area contributed by atoms with Crippen molar-refractivity contribution in [1.82, 2.24) is 4.90 Å². The Kier molecular flexibility index (Phi) is 6.63. The van der Waals surface area contributed by atoms with E-state index in [0.29, 0.717) is 0 Å². The van der Waals surface area contributed by atoms with Gasteiger partial charge >= 0.3 is 0 Å². The van der Waals surface area contributed by atoms with Gasteiger partial charge in [-0.25, -0.2) is 0 Å². The molecule has 3 heteroatoms. The monoisotopic (exact) mass is 253 g/mol. The van der Waals surface area contributed by atoms with Gasteiger partial charge in [0.1, 0.15) is 0 Å². The van der Waals surface area contributed by atoms with E-state index in [9.17, 15) is 5.11 Å². The second kappa shape index (κ2) is 7.75. The number of thioether (sulfide) groups is 1. The summed E-state index contributed by atoms with van der Waals surface area (Å²) in [7, 11) is 0. The highest BCUT2D eigenvalue weighted by molar-refractivity contribution is 7.99. The zero-order valence-electron chi connectivity index (χ0n) is 11.1. The van der Waals surface area contributed by atoms with Gasteiger partial charge in [0.15, 0.2) is 0 Å². The van der Waals surface area contributed by atoms with Gasteiger partial charge in [-0.1, -0.05) is 31.5 Å². The van der Waals surface area contributed by atoms with Gasteiger partial charge in [0.05, 0.1) is 6.61 Å². The first-order chi connectivity index (χ1) is 8.21. The normalized spacial score (nSPS) is 11.1. The zero-order chi connectivity index (χ0) is 12.7. The highest BCUT2D eigenvalue weighted by atomic mass is 32.2. The molecule has 0 spiro atoms. The molecule has 96 valence electrons. The Hall–Kier alpha value is -0.510. The Bertz CT molecular complexity index is 337. The number of benzene rings is 1. The molecule has 0 aliphatic rings. The Labute approximate surface area is 109 Å². The van der Waals surface area contributed by atoms with E-state index in [0.717, 1.165) is 31.0 Å². The van der Waals surface area contributed by atoms with Crippen LogP contribution < -0.4 is 0 Å². The molecule has 2 nitrogen and oxygen atoms in total. The van der Waals surface area contributed by atoms with Crippen LogP contribution in [0.1, 0.15) is 25.0 Å². The lowest BCUT2D eigenvalue weighted by Gasteiger charge is -2.17. The van der Waals surface area contributed by atoms with Gasteiger partial charge < -0.3 is 10.0 Å². The van der Waals surface area contributed by atoms with E-state index in [2.05, 4.69) is 43.9 Å². The fourth-order valence-electron chi connectivity index (χ4n) is 1.80. The molecule has 0 bridgehead atoms. The standard InChI is InChI=1S/C14H23NOS/c1-4-15(5-2)8-9-17-14-7-6-12(3)10-13(14)11-16/h6-7,10,16H,4-5,8-9,11H2,1-3H3. The second-order valence-corrected chi connectivity index (χ2v) is 5.28. The molecule has 0 atom stereocenters. The molecule has 1 rings (SSSR count). The van der Waals surface area contributed by atoms with Crippen LogP contribution in [-0.2, 0) is 6.61 Å². The summed E-state index contributed by atoms with van der Waals surface area (Å²) in [5, 5.41) is 9.32. The molecule has 0 unspecified atom stereocenters. The molecule has 0 saturated heterocycles. The van der Waals surface area contributed by atoms with E-state index in [4.69, 9.17) is 0 Å². The van der Waals surface area contributed by atoms with Crippen LogP contribution in [0.25, 0.3) is 0 Å².